The predicted octanol–water partition coefficient (Wildman–Crippen LogP) is 0.712. The van der Waals surface area contributed by atoms with E-state index in [9.17, 15) is 4.79 Å². The lowest BCUT2D eigenvalue weighted by Crippen LogP contribution is -3.00. The van der Waals surface area contributed by atoms with Crippen LogP contribution in [0, 0.1) is 6.92 Å². The number of pyridine rings is 1. The summed E-state index contributed by atoms with van der Waals surface area (Å²) in [5.74, 6) is -0.724. The number of unbranched alkanes of at least 4 members (excludes halogenated alkanes) is 1. The smallest absolute Gasteiger partial charge is 0.303 e. The van der Waals surface area contributed by atoms with Gasteiger partial charge in [-0.25, -0.2) is 0 Å². The van der Waals surface area contributed by atoms with Gasteiger partial charge in [0.1, 0.15) is 6.54 Å². The molecule has 1 aromatic carbocycles. The average molecular weight is 332 g/mol. The number of benzene rings is 1. The number of aryl methyl sites for hydroxylation is 2. The second-order valence-electron chi connectivity index (χ2n) is 5.42. The summed E-state index contributed by atoms with van der Waals surface area (Å²) in [5.41, 5.74) is 3.55. The molecule has 0 bridgehead atoms. The van der Waals surface area contributed by atoms with Gasteiger partial charge in [-0.15, -0.1) is 0 Å². The Kier molecular flexibility index (Phi) is 8.06. The Morgan fingerprint density at radius 3 is 2.70 bits per heavy atom. The highest BCUT2D eigenvalue weighted by Crippen LogP contribution is 2.08. The summed E-state index contributed by atoms with van der Waals surface area (Å²) in [4.78, 5) is 10.5. The molecule has 1 aromatic heterocycles. The first kappa shape index (κ1) is 18.9. The van der Waals surface area contributed by atoms with Crippen LogP contribution >= 0.6 is 0 Å². The molecule has 0 atom stereocenters. The summed E-state index contributed by atoms with van der Waals surface area (Å²) < 4.78 is 2.16. The van der Waals surface area contributed by atoms with E-state index < -0.39 is 5.97 Å². The molecule has 0 fully saturated rings. The molecule has 3 nitrogen and oxygen atoms in total. The number of rotatable bonds is 7. The minimum absolute atomic E-state index is 0. The van der Waals surface area contributed by atoms with Crippen molar-refractivity contribution in [2.75, 3.05) is 0 Å². The zero-order chi connectivity index (χ0) is 15.8. The molecule has 4 heteroatoms. The van der Waals surface area contributed by atoms with Gasteiger partial charge in [0, 0.05) is 31.1 Å². The maximum Gasteiger partial charge on any atom is 0.303 e. The zero-order valence-corrected chi connectivity index (χ0v) is 14.0. The number of carboxylic acid groups (broad SMARTS) is 1. The fourth-order valence-electron chi connectivity index (χ4n) is 2.36. The van der Waals surface area contributed by atoms with Gasteiger partial charge in [0.15, 0.2) is 6.20 Å². The average Bonchev–Trinajstić information content (AvgIpc) is 2.50. The fraction of sp³-hybridized carbons (Fsp3) is 0.263. The van der Waals surface area contributed by atoms with Gasteiger partial charge < -0.3 is 17.5 Å². The van der Waals surface area contributed by atoms with E-state index in [1.54, 1.807) is 0 Å². The van der Waals surface area contributed by atoms with Crippen molar-refractivity contribution < 1.29 is 26.9 Å². The van der Waals surface area contributed by atoms with E-state index in [-0.39, 0.29) is 18.8 Å². The summed E-state index contributed by atoms with van der Waals surface area (Å²) in [6.07, 6.45) is 8.06. The Balaban J connectivity index is 0.00000264. The van der Waals surface area contributed by atoms with Crippen LogP contribution in [0.2, 0.25) is 0 Å². The monoisotopic (exact) mass is 331 g/mol. The van der Waals surface area contributed by atoms with Crippen molar-refractivity contribution in [2.24, 2.45) is 0 Å². The number of hydrogen-bond donors (Lipinski definition) is 1. The van der Waals surface area contributed by atoms with Crippen LogP contribution in [0.1, 0.15) is 36.1 Å². The molecule has 0 aliphatic heterocycles. The molecule has 0 saturated carbocycles. The summed E-state index contributed by atoms with van der Waals surface area (Å²) in [7, 11) is 0. The topological polar surface area (TPSA) is 41.2 Å². The standard InChI is InChI=1S/C19H21NO2.ClH/c1-16-7-6-8-17(15-16)11-12-18-9-2-4-13-20(18)14-5-3-10-19(21)22;/h2,4,6-9,11-13,15H,3,5,10,14H2,1H3;1H/b12-11+;. The van der Waals surface area contributed by atoms with Gasteiger partial charge in [-0.2, -0.15) is 4.57 Å². The molecule has 2 rings (SSSR count). The zero-order valence-electron chi connectivity index (χ0n) is 13.3. The van der Waals surface area contributed by atoms with Crippen LogP contribution in [0.4, 0.5) is 0 Å². The fourth-order valence-corrected chi connectivity index (χ4v) is 2.36. The van der Waals surface area contributed by atoms with Crippen LogP contribution in [0.25, 0.3) is 12.2 Å². The van der Waals surface area contributed by atoms with E-state index in [4.69, 9.17) is 5.11 Å². The molecule has 2 aromatic rings. The number of halogens is 1. The summed E-state index contributed by atoms with van der Waals surface area (Å²) in [5, 5.41) is 8.68. The van der Waals surface area contributed by atoms with Crippen molar-refractivity contribution in [3.05, 3.63) is 65.5 Å². The minimum atomic E-state index is -0.724. The third kappa shape index (κ3) is 6.66. The highest BCUT2D eigenvalue weighted by atomic mass is 35.5. The minimum Gasteiger partial charge on any atom is -1.00 e. The molecule has 0 aliphatic rings. The molecular formula is C19H22ClNO2. The number of carboxylic acids is 1. The summed E-state index contributed by atoms with van der Waals surface area (Å²) >= 11 is 0. The van der Waals surface area contributed by atoms with E-state index in [1.807, 2.05) is 18.3 Å². The lowest BCUT2D eigenvalue weighted by atomic mass is 10.1. The second kappa shape index (κ2) is 9.80. The predicted molar refractivity (Wildman–Crippen MR) is 88.2 cm³/mol. The largest absolute Gasteiger partial charge is 1.00 e. The molecule has 0 aliphatic carbocycles. The quantitative estimate of drug-likeness (QED) is 0.600. The van der Waals surface area contributed by atoms with Crippen molar-refractivity contribution in [3.63, 3.8) is 0 Å². The van der Waals surface area contributed by atoms with E-state index in [2.05, 4.69) is 54.0 Å². The van der Waals surface area contributed by atoms with E-state index in [1.165, 1.54) is 11.1 Å². The molecule has 0 radical (unpaired) electrons. The van der Waals surface area contributed by atoms with Gasteiger partial charge in [0.25, 0.3) is 0 Å². The van der Waals surface area contributed by atoms with Crippen molar-refractivity contribution in [3.8, 4) is 0 Å². The number of hydrogen-bond acceptors (Lipinski definition) is 1. The third-order valence-electron chi connectivity index (χ3n) is 3.50. The number of carbonyl (C=O) groups is 1. The van der Waals surface area contributed by atoms with Crippen molar-refractivity contribution >= 4 is 18.1 Å². The van der Waals surface area contributed by atoms with Crippen LogP contribution in [0.3, 0.4) is 0 Å². The Morgan fingerprint density at radius 2 is 1.96 bits per heavy atom. The van der Waals surface area contributed by atoms with Crippen LogP contribution in [-0.2, 0) is 11.3 Å². The third-order valence-corrected chi connectivity index (χ3v) is 3.50. The van der Waals surface area contributed by atoms with E-state index >= 15 is 0 Å². The maximum absolute atomic E-state index is 10.5. The first-order chi connectivity index (χ1) is 10.6. The normalized spacial score (nSPS) is 10.5. The Bertz CT molecular complexity index is 668. The lowest BCUT2D eigenvalue weighted by Gasteiger charge is -2.00. The van der Waals surface area contributed by atoms with Crippen molar-refractivity contribution in [2.45, 2.75) is 32.7 Å². The van der Waals surface area contributed by atoms with E-state index in [0.717, 1.165) is 18.7 Å². The Labute approximate surface area is 143 Å². The van der Waals surface area contributed by atoms with Crippen LogP contribution in [0.5, 0.6) is 0 Å². The highest BCUT2D eigenvalue weighted by molar-refractivity contribution is 5.67. The Morgan fingerprint density at radius 1 is 1.13 bits per heavy atom. The van der Waals surface area contributed by atoms with Crippen molar-refractivity contribution in [1.29, 1.82) is 0 Å². The molecule has 0 spiro atoms. The molecule has 0 unspecified atom stereocenters. The number of aromatic nitrogens is 1. The van der Waals surface area contributed by atoms with Crippen LogP contribution < -0.4 is 17.0 Å². The second-order valence-corrected chi connectivity index (χ2v) is 5.42. The van der Waals surface area contributed by atoms with Gasteiger partial charge in [0.2, 0.25) is 5.69 Å². The molecule has 1 heterocycles. The van der Waals surface area contributed by atoms with Gasteiger partial charge in [-0.1, -0.05) is 29.8 Å². The maximum atomic E-state index is 10.5. The van der Waals surface area contributed by atoms with Crippen molar-refractivity contribution in [1.82, 2.24) is 0 Å². The molecule has 0 saturated heterocycles. The molecule has 122 valence electrons. The van der Waals surface area contributed by atoms with Crippen LogP contribution in [-0.4, -0.2) is 11.1 Å². The molecule has 23 heavy (non-hydrogen) atoms. The van der Waals surface area contributed by atoms with Gasteiger partial charge in [0.05, 0.1) is 0 Å². The first-order valence-electron chi connectivity index (χ1n) is 7.60. The summed E-state index contributed by atoms with van der Waals surface area (Å²) in [6, 6.07) is 14.5. The van der Waals surface area contributed by atoms with Gasteiger partial charge in [-0.3, -0.25) is 4.79 Å². The number of aliphatic carboxylic acids is 1. The Hall–Kier alpha value is -2.13. The molecule has 0 amide bonds. The molecular weight excluding hydrogens is 310 g/mol. The van der Waals surface area contributed by atoms with E-state index in [0.29, 0.717) is 6.42 Å². The van der Waals surface area contributed by atoms with Crippen LogP contribution in [0.15, 0.2) is 48.7 Å². The number of nitrogens with zero attached hydrogens (tertiary/aromatic N) is 1. The lowest BCUT2D eigenvalue weighted by molar-refractivity contribution is -0.699. The van der Waals surface area contributed by atoms with Gasteiger partial charge in [-0.05, 0) is 31.1 Å². The SMILES string of the molecule is Cc1cccc(/C=C/c2cccc[n+]2CCCCC(=O)O)c1.[Cl-]. The highest BCUT2D eigenvalue weighted by Gasteiger charge is 2.06. The molecule has 1 N–H and O–H groups in total. The summed E-state index contributed by atoms with van der Waals surface area (Å²) in [6.45, 7) is 2.92. The first-order valence-corrected chi connectivity index (χ1v) is 7.60. The van der Waals surface area contributed by atoms with Gasteiger partial charge >= 0.3 is 5.97 Å².